The van der Waals surface area contributed by atoms with Crippen molar-refractivity contribution in [2.75, 3.05) is 5.32 Å². The zero-order valence-corrected chi connectivity index (χ0v) is 15.5. The SMILES string of the molecule is Cc1cc(=O)oc2cc(O[C@@H](C)C(=O)Nc3cccc(Cl)c3)c(Cl)cc12. The lowest BCUT2D eigenvalue weighted by Gasteiger charge is -2.16. The van der Waals surface area contributed by atoms with Crippen molar-refractivity contribution in [2.24, 2.45) is 0 Å². The van der Waals surface area contributed by atoms with Crippen LogP contribution in [0.25, 0.3) is 11.0 Å². The fourth-order valence-electron chi connectivity index (χ4n) is 2.46. The van der Waals surface area contributed by atoms with Crippen LogP contribution in [0.5, 0.6) is 5.75 Å². The van der Waals surface area contributed by atoms with Crippen molar-refractivity contribution in [3.63, 3.8) is 0 Å². The molecule has 3 rings (SSSR count). The first kappa shape index (κ1) is 18.3. The van der Waals surface area contributed by atoms with E-state index in [0.717, 1.165) is 5.56 Å². The van der Waals surface area contributed by atoms with Crippen LogP contribution in [0, 0.1) is 6.92 Å². The molecule has 0 saturated heterocycles. The first-order valence-corrected chi connectivity index (χ1v) is 8.56. The smallest absolute Gasteiger partial charge is 0.336 e. The summed E-state index contributed by atoms with van der Waals surface area (Å²) in [5.74, 6) is -0.115. The van der Waals surface area contributed by atoms with Crippen LogP contribution >= 0.6 is 23.2 Å². The fourth-order valence-corrected chi connectivity index (χ4v) is 2.86. The largest absolute Gasteiger partial charge is 0.479 e. The van der Waals surface area contributed by atoms with Crippen LogP contribution in [0.3, 0.4) is 0 Å². The summed E-state index contributed by atoms with van der Waals surface area (Å²) >= 11 is 12.2. The van der Waals surface area contributed by atoms with Crippen molar-refractivity contribution in [1.82, 2.24) is 0 Å². The summed E-state index contributed by atoms with van der Waals surface area (Å²) in [6.45, 7) is 3.38. The van der Waals surface area contributed by atoms with Crippen LogP contribution in [0.15, 0.2) is 51.7 Å². The summed E-state index contributed by atoms with van der Waals surface area (Å²) in [5.41, 5.74) is 1.19. The highest BCUT2D eigenvalue weighted by Crippen LogP contribution is 2.31. The summed E-state index contributed by atoms with van der Waals surface area (Å²) in [5, 5.41) is 4.25. The second kappa shape index (κ2) is 7.40. The van der Waals surface area contributed by atoms with Crippen LogP contribution in [0.2, 0.25) is 10.0 Å². The Morgan fingerprint density at radius 1 is 1.19 bits per heavy atom. The van der Waals surface area contributed by atoms with Crippen molar-refractivity contribution in [3.8, 4) is 5.75 Å². The molecule has 5 nitrogen and oxygen atoms in total. The third kappa shape index (κ3) is 4.00. The highest BCUT2D eigenvalue weighted by Gasteiger charge is 2.18. The number of ether oxygens (including phenoxy) is 1. The van der Waals surface area contributed by atoms with E-state index in [1.807, 2.05) is 0 Å². The van der Waals surface area contributed by atoms with Gasteiger partial charge in [0, 0.05) is 28.2 Å². The molecule has 0 saturated carbocycles. The van der Waals surface area contributed by atoms with E-state index >= 15 is 0 Å². The molecular weight excluding hydrogens is 377 g/mol. The average Bonchev–Trinajstić information content (AvgIpc) is 2.56. The van der Waals surface area contributed by atoms with Gasteiger partial charge >= 0.3 is 5.63 Å². The summed E-state index contributed by atoms with van der Waals surface area (Å²) in [4.78, 5) is 23.9. The van der Waals surface area contributed by atoms with Crippen LogP contribution in [0.1, 0.15) is 12.5 Å². The summed E-state index contributed by atoms with van der Waals surface area (Å²) in [6.07, 6.45) is -0.833. The number of nitrogens with one attached hydrogen (secondary N) is 1. The molecule has 0 unspecified atom stereocenters. The van der Waals surface area contributed by atoms with E-state index in [-0.39, 0.29) is 11.7 Å². The van der Waals surface area contributed by atoms with E-state index in [1.165, 1.54) is 12.1 Å². The highest BCUT2D eigenvalue weighted by atomic mass is 35.5. The van der Waals surface area contributed by atoms with E-state index in [0.29, 0.717) is 26.7 Å². The molecule has 1 heterocycles. The third-order valence-corrected chi connectivity index (χ3v) is 4.30. The maximum absolute atomic E-state index is 12.3. The van der Waals surface area contributed by atoms with E-state index in [2.05, 4.69) is 5.32 Å². The van der Waals surface area contributed by atoms with Crippen molar-refractivity contribution >= 4 is 45.8 Å². The molecule has 1 aromatic heterocycles. The van der Waals surface area contributed by atoms with Gasteiger partial charge in [0.05, 0.1) is 5.02 Å². The maximum Gasteiger partial charge on any atom is 0.336 e. The van der Waals surface area contributed by atoms with Crippen molar-refractivity contribution in [3.05, 3.63) is 68.5 Å². The zero-order chi connectivity index (χ0) is 18.8. The fraction of sp³-hybridized carbons (Fsp3) is 0.158. The Morgan fingerprint density at radius 3 is 2.69 bits per heavy atom. The Labute approximate surface area is 159 Å². The third-order valence-electron chi connectivity index (χ3n) is 3.77. The van der Waals surface area contributed by atoms with Gasteiger partial charge in [-0.15, -0.1) is 0 Å². The molecule has 3 aromatic rings. The lowest BCUT2D eigenvalue weighted by Crippen LogP contribution is -2.30. The van der Waals surface area contributed by atoms with Gasteiger partial charge in [0.25, 0.3) is 5.91 Å². The number of rotatable bonds is 4. The van der Waals surface area contributed by atoms with E-state index < -0.39 is 11.7 Å². The van der Waals surface area contributed by atoms with Gasteiger partial charge in [-0.3, -0.25) is 4.79 Å². The minimum absolute atomic E-state index is 0.252. The number of hydrogen-bond acceptors (Lipinski definition) is 4. The van der Waals surface area contributed by atoms with E-state index in [9.17, 15) is 9.59 Å². The van der Waals surface area contributed by atoms with Crippen LogP contribution in [-0.2, 0) is 4.79 Å². The molecule has 1 atom stereocenters. The molecule has 0 bridgehead atoms. The minimum atomic E-state index is -0.833. The highest BCUT2D eigenvalue weighted by molar-refractivity contribution is 6.33. The van der Waals surface area contributed by atoms with Crippen LogP contribution < -0.4 is 15.7 Å². The minimum Gasteiger partial charge on any atom is -0.479 e. The number of anilines is 1. The molecule has 26 heavy (non-hydrogen) atoms. The molecule has 1 amide bonds. The molecule has 1 N–H and O–H groups in total. The number of aryl methyl sites for hydroxylation is 1. The average molecular weight is 392 g/mol. The van der Waals surface area contributed by atoms with Crippen molar-refractivity contribution in [1.29, 1.82) is 0 Å². The first-order valence-electron chi connectivity index (χ1n) is 7.80. The summed E-state index contributed by atoms with van der Waals surface area (Å²) < 4.78 is 10.8. The Balaban J connectivity index is 1.82. The predicted octanol–water partition coefficient (Wildman–Crippen LogP) is 4.81. The first-order chi connectivity index (χ1) is 12.3. The molecule has 2 aromatic carbocycles. The number of carbonyl (C=O) groups excluding carboxylic acids is 1. The zero-order valence-electron chi connectivity index (χ0n) is 14.0. The van der Waals surface area contributed by atoms with Gasteiger partial charge in [-0.2, -0.15) is 0 Å². The summed E-state index contributed by atoms with van der Waals surface area (Å²) in [6, 6.07) is 11.3. The maximum atomic E-state index is 12.3. The number of benzene rings is 2. The van der Waals surface area contributed by atoms with Gasteiger partial charge in [-0.05, 0) is 43.7 Å². The van der Waals surface area contributed by atoms with Crippen molar-refractivity contribution in [2.45, 2.75) is 20.0 Å². The molecule has 0 aliphatic heterocycles. The normalized spacial score (nSPS) is 12.0. The Morgan fingerprint density at radius 2 is 1.96 bits per heavy atom. The van der Waals surface area contributed by atoms with Gasteiger partial charge in [-0.25, -0.2) is 4.79 Å². The van der Waals surface area contributed by atoms with Crippen molar-refractivity contribution < 1.29 is 13.9 Å². The summed E-state index contributed by atoms with van der Waals surface area (Å²) in [7, 11) is 0. The van der Waals surface area contributed by atoms with Gasteiger partial charge in [-0.1, -0.05) is 29.3 Å². The number of fused-ring (bicyclic) bond motifs is 1. The van der Waals surface area contributed by atoms with Gasteiger partial charge in [0.1, 0.15) is 11.3 Å². The van der Waals surface area contributed by atoms with Gasteiger partial charge in [0.2, 0.25) is 0 Å². The molecule has 0 aliphatic carbocycles. The lowest BCUT2D eigenvalue weighted by atomic mass is 10.1. The Bertz CT molecular complexity index is 1050. The Hall–Kier alpha value is -2.50. The predicted molar refractivity (Wildman–Crippen MR) is 102 cm³/mol. The van der Waals surface area contributed by atoms with Gasteiger partial charge < -0.3 is 14.5 Å². The second-order valence-corrected chi connectivity index (χ2v) is 6.63. The number of hydrogen-bond donors (Lipinski definition) is 1. The molecule has 0 fully saturated rings. The van der Waals surface area contributed by atoms with Gasteiger partial charge in [0.15, 0.2) is 6.10 Å². The standard InChI is InChI=1S/C19H15Cl2NO4/c1-10-6-18(23)26-16-9-17(15(21)8-14(10)16)25-11(2)19(24)22-13-5-3-4-12(20)7-13/h3-9,11H,1-2H3,(H,22,24)/t11-/m0/s1. The molecule has 7 heteroatoms. The lowest BCUT2D eigenvalue weighted by molar-refractivity contribution is -0.122. The topological polar surface area (TPSA) is 68.5 Å². The Kier molecular flexibility index (Phi) is 5.20. The number of halogens is 2. The molecule has 0 aliphatic rings. The second-order valence-electron chi connectivity index (χ2n) is 5.79. The quantitative estimate of drug-likeness (QED) is 0.647. The molecule has 134 valence electrons. The molecule has 0 radical (unpaired) electrons. The monoisotopic (exact) mass is 391 g/mol. The molecule has 0 spiro atoms. The molecular formula is C19H15Cl2NO4. The van der Waals surface area contributed by atoms with Crippen LogP contribution in [-0.4, -0.2) is 12.0 Å². The number of carbonyl (C=O) groups is 1. The number of amides is 1. The van der Waals surface area contributed by atoms with Crippen LogP contribution in [0.4, 0.5) is 5.69 Å². The van der Waals surface area contributed by atoms with E-state index in [4.69, 9.17) is 32.4 Å². The van der Waals surface area contributed by atoms with E-state index in [1.54, 1.807) is 44.2 Å².